The highest BCUT2D eigenvalue weighted by molar-refractivity contribution is 5.99. The SMILES string of the molecule is C=NC(C#N)=N/C=C/C=C(/CN1C(=C)CNCC1=C)NCC(C)(C)C. The fraction of sp³-hybridized carbons (Fsp3) is 0.421. The molecule has 0 bridgehead atoms. The molecule has 0 radical (unpaired) electrons. The number of rotatable bonds is 6. The van der Waals surface area contributed by atoms with Gasteiger partial charge < -0.3 is 15.5 Å². The van der Waals surface area contributed by atoms with Crippen LogP contribution < -0.4 is 10.6 Å². The Morgan fingerprint density at radius 1 is 1.36 bits per heavy atom. The number of aliphatic imine (C=N–C) groups is 2. The maximum absolute atomic E-state index is 8.77. The number of hydrogen-bond acceptors (Lipinski definition) is 5. The van der Waals surface area contributed by atoms with Crippen LogP contribution in [-0.4, -0.2) is 43.6 Å². The molecule has 0 saturated carbocycles. The van der Waals surface area contributed by atoms with E-state index >= 15 is 0 Å². The molecular formula is C19H28N6. The summed E-state index contributed by atoms with van der Waals surface area (Å²) >= 11 is 0. The first kappa shape index (κ1) is 20.4. The van der Waals surface area contributed by atoms with Crippen LogP contribution in [0.2, 0.25) is 0 Å². The van der Waals surface area contributed by atoms with E-state index in [-0.39, 0.29) is 11.3 Å². The van der Waals surface area contributed by atoms with Gasteiger partial charge in [0, 0.05) is 42.9 Å². The molecule has 0 aliphatic carbocycles. The lowest BCUT2D eigenvalue weighted by Gasteiger charge is -2.34. The summed E-state index contributed by atoms with van der Waals surface area (Å²) in [7, 11) is 0. The van der Waals surface area contributed by atoms with E-state index in [2.05, 4.69) is 66.2 Å². The van der Waals surface area contributed by atoms with Gasteiger partial charge in [0.05, 0.1) is 6.54 Å². The van der Waals surface area contributed by atoms with E-state index in [9.17, 15) is 0 Å². The molecule has 1 rings (SSSR count). The van der Waals surface area contributed by atoms with Crippen molar-refractivity contribution < 1.29 is 0 Å². The van der Waals surface area contributed by atoms with Gasteiger partial charge in [-0.3, -0.25) is 0 Å². The van der Waals surface area contributed by atoms with Crippen molar-refractivity contribution in [2.24, 2.45) is 15.4 Å². The van der Waals surface area contributed by atoms with Crippen molar-refractivity contribution in [3.63, 3.8) is 0 Å². The number of hydrogen-bond donors (Lipinski definition) is 2. The molecular weight excluding hydrogens is 312 g/mol. The quantitative estimate of drug-likeness (QED) is 0.443. The highest BCUT2D eigenvalue weighted by atomic mass is 15.2. The Bertz CT molecular complexity index is 624. The largest absolute Gasteiger partial charge is 0.386 e. The summed E-state index contributed by atoms with van der Waals surface area (Å²) < 4.78 is 0. The molecule has 0 atom stereocenters. The van der Waals surface area contributed by atoms with Crippen LogP contribution in [0.25, 0.3) is 0 Å². The number of nitrogens with zero attached hydrogens (tertiary/aromatic N) is 4. The van der Waals surface area contributed by atoms with Crippen molar-refractivity contribution in [1.82, 2.24) is 15.5 Å². The Kier molecular flexibility index (Phi) is 7.83. The molecule has 6 heteroatoms. The highest BCUT2D eigenvalue weighted by Crippen LogP contribution is 2.16. The molecule has 2 N–H and O–H groups in total. The van der Waals surface area contributed by atoms with Gasteiger partial charge in [-0.1, -0.05) is 33.9 Å². The highest BCUT2D eigenvalue weighted by Gasteiger charge is 2.18. The summed E-state index contributed by atoms with van der Waals surface area (Å²) in [6.45, 7) is 21.0. The minimum Gasteiger partial charge on any atom is -0.386 e. The first-order valence-corrected chi connectivity index (χ1v) is 8.15. The van der Waals surface area contributed by atoms with Gasteiger partial charge in [-0.25, -0.2) is 9.98 Å². The fourth-order valence-corrected chi connectivity index (χ4v) is 2.08. The van der Waals surface area contributed by atoms with Crippen molar-refractivity contribution in [1.29, 1.82) is 5.26 Å². The summed E-state index contributed by atoms with van der Waals surface area (Å²) in [6.07, 6.45) is 5.25. The summed E-state index contributed by atoms with van der Waals surface area (Å²) in [5, 5.41) is 15.5. The summed E-state index contributed by atoms with van der Waals surface area (Å²) in [5.74, 6) is 0.0395. The molecule has 0 amide bonds. The lowest BCUT2D eigenvalue weighted by molar-refractivity contribution is 0.363. The molecule has 25 heavy (non-hydrogen) atoms. The molecule has 1 fully saturated rings. The van der Waals surface area contributed by atoms with Gasteiger partial charge in [0.25, 0.3) is 0 Å². The predicted octanol–water partition coefficient (Wildman–Crippen LogP) is 2.57. The number of nitriles is 1. The van der Waals surface area contributed by atoms with Gasteiger partial charge in [-0.05, 0) is 24.3 Å². The smallest absolute Gasteiger partial charge is 0.231 e. The number of allylic oxidation sites excluding steroid dienone is 2. The molecule has 134 valence electrons. The van der Waals surface area contributed by atoms with Gasteiger partial charge in [-0.2, -0.15) is 5.26 Å². The lowest BCUT2D eigenvalue weighted by Crippen LogP contribution is -2.41. The number of piperazine rings is 1. The van der Waals surface area contributed by atoms with Crippen molar-refractivity contribution in [2.75, 3.05) is 26.2 Å². The molecule has 0 aromatic rings. The van der Waals surface area contributed by atoms with Crippen LogP contribution in [-0.2, 0) is 0 Å². The van der Waals surface area contributed by atoms with Gasteiger partial charge >= 0.3 is 0 Å². The van der Waals surface area contributed by atoms with Crippen LogP contribution in [0.4, 0.5) is 0 Å². The maximum atomic E-state index is 8.77. The molecule has 6 nitrogen and oxygen atoms in total. The Labute approximate surface area is 151 Å². The van der Waals surface area contributed by atoms with Crippen molar-refractivity contribution in [2.45, 2.75) is 20.8 Å². The topological polar surface area (TPSA) is 75.8 Å². The zero-order chi connectivity index (χ0) is 18.9. The van der Waals surface area contributed by atoms with E-state index in [0.717, 1.165) is 36.7 Å². The minimum absolute atomic E-state index is 0.0395. The Morgan fingerprint density at radius 2 is 2.00 bits per heavy atom. The lowest BCUT2D eigenvalue weighted by atomic mass is 9.97. The zero-order valence-electron chi connectivity index (χ0n) is 15.5. The Morgan fingerprint density at radius 3 is 2.52 bits per heavy atom. The van der Waals surface area contributed by atoms with Crippen LogP contribution in [0.15, 0.2) is 58.6 Å². The first-order chi connectivity index (χ1) is 11.8. The first-order valence-electron chi connectivity index (χ1n) is 8.15. The Balaban J connectivity index is 2.89. The molecule has 1 aliphatic heterocycles. The summed E-state index contributed by atoms with van der Waals surface area (Å²) in [4.78, 5) is 9.56. The molecule has 1 heterocycles. The fourth-order valence-electron chi connectivity index (χ4n) is 2.08. The van der Waals surface area contributed by atoms with Crippen molar-refractivity contribution >= 4 is 12.6 Å². The van der Waals surface area contributed by atoms with E-state index in [4.69, 9.17) is 5.26 Å². The number of nitrogens with one attached hydrogen (secondary N) is 2. The van der Waals surface area contributed by atoms with Crippen LogP contribution in [0.3, 0.4) is 0 Å². The predicted molar refractivity (Wildman–Crippen MR) is 105 cm³/mol. The van der Waals surface area contributed by atoms with Crippen molar-refractivity contribution in [3.8, 4) is 6.07 Å². The van der Waals surface area contributed by atoms with Gasteiger partial charge in [0.1, 0.15) is 6.07 Å². The molecule has 0 unspecified atom stereocenters. The van der Waals surface area contributed by atoms with E-state index < -0.39 is 0 Å². The average Bonchev–Trinajstić information content (AvgIpc) is 2.54. The maximum Gasteiger partial charge on any atom is 0.231 e. The zero-order valence-corrected chi connectivity index (χ0v) is 15.5. The van der Waals surface area contributed by atoms with Crippen LogP contribution in [0.5, 0.6) is 0 Å². The Hall–Kier alpha value is -2.65. The van der Waals surface area contributed by atoms with Gasteiger partial charge in [0.2, 0.25) is 5.84 Å². The second-order valence-corrected chi connectivity index (χ2v) is 6.99. The molecule has 0 spiro atoms. The average molecular weight is 340 g/mol. The van der Waals surface area contributed by atoms with E-state index in [1.807, 2.05) is 12.1 Å². The molecule has 1 saturated heterocycles. The third-order valence-electron chi connectivity index (χ3n) is 3.43. The molecule has 0 aromatic carbocycles. The standard InChI is InChI=1S/C19H28N6/c1-15-11-22-12-16(2)25(15)13-17(24-14-19(3,4)5)8-7-9-23-18(10-20)21-6/h7-9,22,24H,1-2,6,11-14H2,3-5H3/b9-7+,17-8-,23-18?. The monoisotopic (exact) mass is 340 g/mol. The summed E-state index contributed by atoms with van der Waals surface area (Å²) in [6, 6.07) is 1.86. The summed E-state index contributed by atoms with van der Waals surface area (Å²) in [5.41, 5.74) is 3.16. The van der Waals surface area contributed by atoms with E-state index in [0.29, 0.717) is 6.54 Å². The number of amidine groups is 1. The van der Waals surface area contributed by atoms with E-state index in [1.54, 1.807) is 6.08 Å². The second kappa shape index (κ2) is 9.60. The van der Waals surface area contributed by atoms with Crippen LogP contribution in [0.1, 0.15) is 20.8 Å². The van der Waals surface area contributed by atoms with Gasteiger partial charge in [0.15, 0.2) is 0 Å². The van der Waals surface area contributed by atoms with E-state index in [1.165, 1.54) is 6.20 Å². The third-order valence-corrected chi connectivity index (χ3v) is 3.43. The molecule has 0 aromatic heterocycles. The third kappa shape index (κ3) is 7.64. The van der Waals surface area contributed by atoms with Crippen LogP contribution >= 0.6 is 0 Å². The van der Waals surface area contributed by atoms with Crippen LogP contribution in [0, 0.1) is 16.7 Å². The molecule has 1 aliphatic rings. The van der Waals surface area contributed by atoms with Crippen molar-refractivity contribution in [3.05, 3.63) is 48.6 Å². The second-order valence-electron chi connectivity index (χ2n) is 6.99. The normalized spacial score (nSPS) is 17.0. The van der Waals surface area contributed by atoms with Gasteiger partial charge in [-0.15, -0.1) is 0 Å². The minimum atomic E-state index is 0.0395.